The number of para-hydroxylation sites is 1. The van der Waals surface area contributed by atoms with Crippen molar-refractivity contribution in [2.75, 3.05) is 17.2 Å². The number of urea groups is 1. The number of ether oxygens (including phenoxy) is 1. The van der Waals surface area contributed by atoms with Gasteiger partial charge in [0.05, 0.1) is 6.10 Å². The summed E-state index contributed by atoms with van der Waals surface area (Å²) in [6.07, 6.45) is 4.46. The van der Waals surface area contributed by atoms with Crippen LogP contribution in [0.3, 0.4) is 0 Å². The summed E-state index contributed by atoms with van der Waals surface area (Å²) in [6, 6.07) is 15.8. The highest BCUT2D eigenvalue weighted by atomic mass is 16.5. The van der Waals surface area contributed by atoms with E-state index in [1.54, 1.807) is 24.3 Å². The average Bonchev–Trinajstić information content (AvgIpc) is 3.21. The Labute approximate surface area is 165 Å². The predicted octanol–water partition coefficient (Wildman–Crippen LogP) is 4.41. The summed E-state index contributed by atoms with van der Waals surface area (Å²) in [5, 5.41) is 8.52. The Balaban J connectivity index is 1.44. The maximum Gasteiger partial charge on any atom is 0.323 e. The minimum atomic E-state index is -0.328. The summed E-state index contributed by atoms with van der Waals surface area (Å²) in [6.45, 7) is 2.87. The molecule has 0 bridgehead atoms. The molecule has 2 aromatic rings. The van der Waals surface area contributed by atoms with E-state index in [0.717, 1.165) is 32.3 Å². The predicted molar refractivity (Wildman–Crippen MR) is 111 cm³/mol. The van der Waals surface area contributed by atoms with Crippen LogP contribution in [0, 0.1) is 0 Å². The van der Waals surface area contributed by atoms with Crippen molar-refractivity contribution >= 4 is 23.3 Å². The molecular formula is C22H27N3O3. The van der Waals surface area contributed by atoms with Crippen molar-refractivity contribution < 1.29 is 14.3 Å². The van der Waals surface area contributed by atoms with Crippen molar-refractivity contribution in [3.05, 3.63) is 60.2 Å². The summed E-state index contributed by atoms with van der Waals surface area (Å²) in [4.78, 5) is 24.4. The third-order valence-electron chi connectivity index (χ3n) is 4.76. The van der Waals surface area contributed by atoms with Crippen molar-refractivity contribution in [3.8, 4) is 0 Å². The fourth-order valence-electron chi connectivity index (χ4n) is 3.21. The molecule has 0 saturated carbocycles. The first-order valence-electron chi connectivity index (χ1n) is 9.76. The van der Waals surface area contributed by atoms with Gasteiger partial charge in [-0.15, -0.1) is 0 Å². The topological polar surface area (TPSA) is 79.5 Å². The van der Waals surface area contributed by atoms with Crippen LogP contribution in [0.25, 0.3) is 0 Å². The molecule has 1 saturated heterocycles. The average molecular weight is 381 g/mol. The van der Waals surface area contributed by atoms with Gasteiger partial charge in [-0.1, -0.05) is 18.2 Å². The molecule has 2 atom stereocenters. The molecule has 148 valence electrons. The fourth-order valence-corrected chi connectivity index (χ4v) is 3.21. The van der Waals surface area contributed by atoms with E-state index >= 15 is 0 Å². The standard InChI is InChI=1S/C22H27N3O3/c1-16(9-14-20-8-5-15-28-20)23-21(26)17-10-12-19(13-11-17)25-22(27)24-18-6-3-2-4-7-18/h2-4,6-7,10-13,16,20H,5,8-9,14-15H2,1H3,(H,23,26)(H2,24,25,27)/t16-,20+/m1/s1. The van der Waals surface area contributed by atoms with E-state index in [0.29, 0.717) is 23.0 Å². The zero-order valence-corrected chi connectivity index (χ0v) is 16.1. The maximum absolute atomic E-state index is 12.4. The minimum absolute atomic E-state index is 0.0890. The van der Waals surface area contributed by atoms with E-state index in [2.05, 4.69) is 16.0 Å². The maximum atomic E-state index is 12.4. The van der Waals surface area contributed by atoms with Crippen molar-refractivity contribution in [1.29, 1.82) is 0 Å². The van der Waals surface area contributed by atoms with E-state index in [4.69, 9.17) is 4.74 Å². The molecule has 1 fully saturated rings. The van der Waals surface area contributed by atoms with Crippen LogP contribution in [-0.4, -0.2) is 30.7 Å². The Bertz CT molecular complexity index is 771. The molecule has 0 aromatic heterocycles. The first-order chi connectivity index (χ1) is 13.6. The van der Waals surface area contributed by atoms with Gasteiger partial charge in [0.15, 0.2) is 0 Å². The van der Waals surface area contributed by atoms with Gasteiger partial charge in [-0.3, -0.25) is 4.79 Å². The summed E-state index contributed by atoms with van der Waals surface area (Å²) in [5.74, 6) is -0.111. The molecule has 28 heavy (non-hydrogen) atoms. The Kier molecular flexibility index (Phi) is 7.03. The molecule has 3 rings (SSSR count). The smallest absolute Gasteiger partial charge is 0.323 e. The van der Waals surface area contributed by atoms with Crippen LogP contribution in [0.2, 0.25) is 0 Å². The van der Waals surface area contributed by atoms with Crippen LogP contribution >= 0.6 is 0 Å². The number of carbonyl (C=O) groups is 2. The fraction of sp³-hybridized carbons (Fsp3) is 0.364. The Morgan fingerprint density at radius 1 is 1.04 bits per heavy atom. The molecule has 0 unspecified atom stereocenters. The molecule has 1 aliphatic heterocycles. The molecule has 3 N–H and O–H groups in total. The monoisotopic (exact) mass is 381 g/mol. The number of benzene rings is 2. The molecule has 2 aromatic carbocycles. The molecule has 3 amide bonds. The largest absolute Gasteiger partial charge is 0.378 e. The molecule has 0 aliphatic carbocycles. The second kappa shape index (κ2) is 9.90. The molecule has 6 heteroatoms. The third kappa shape index (κ3) is 6.09. The van der Waals surface area contributed by atoms with E-state index in [-0.39, 0.29) is 18.0 Å². The summed E-state index contributed by atoms with van der Waals surface area (Å²) in [5.41, 5.74) is 1.90. The Hall–Kier alpha value is -2.86. The highest BCUT2D eigenvalue weighted by Crippen LogP contribution is 2.18. The summed E-state index contributed by atoms with van der Waals surface area (Å²) < 4.78 is 5.62. The molecule has 6 nitrogen and oxygen atoms in total. The van der Waals surface area contributed by atoms with E-state index in [1.165, 1.54) is 0 Å². The van der Waals surface area contributed by atoms with Gasteiger partial charge in [0, 0.05) is 29.6 Å². The van der Waals surface area contributed by atoms with Gasteiger partial charge in [0.1, 0.15) is 0 Å². The quantitative estimate of drug-likeness (QED) is 0.665. The van der Waals surface area contributed by atoms with Gasteiger partial charge < -0.3 is 20.7 Å². The van der Waals surface area contributed by atoms with Crippen LogP contribution in [0.5, 0.6) is 0 Å². The van der Waals surface area contributed by atoms with Gasteiger partial charge in [-0.05, 0) is 69.0 Å². The number of hydrogen-bond acceptors (Lipinski definition) is 3. The lowest BCUT2D eigenvalue weighted by atomic mass is 10.1. The van der Waals surface area contributed by atoms with Crippen LogP contribution in [0.4, 0.5) is 16.2 Å². The molecule has 0 spiro atoms. The summed E-state index contributed by atoms with van der Waals surface area (Å²) in [7, 11) is 0. The lowest BCUT2D eigenvalue weighted by molar-refractivity contribution is 0.0899. The number of nitrogens with one attached hydrogen (secondary N) is 3. The Morgan fingerprint density at radius 2 is 1.71 bits per heavy atom. The van der Waals surface area contributed by atoms with E-state index < -0.39 is 0 Å². The molecule has 0 radical (unpaired) electrons. The van der Waals surface area contributed by atoms with E-state index in [9.17, 15) is 9.59 Å². The van der Waals surface area contributed by atoms with Crippen LogP contribution in [-0.2, 0) is 4.74 Å². The highest BCUT2D eigenvalue weighted by molar-refractivity contribution is 6.00. The number of anilines is 2. The molecular weight excluding hydrogens is 354 g/mol. The first kappa shape index (κ1) is 19.9. The normalized spacial score (nSPS) is 17.0. The number of amides is 3. The van der Waals surface area contributed by atoms with Gasteiger partial charge in [0.2, 0.25) is 0 Å². The molecule has 1 aliphatic rings. The highest BCUT2D eigenvalue weighted by Gasteiger charge is 2.17. The van der Waals surface area contributed by atoms with Crippen molar-refractivity contribution in [2.24, 2.45) is 0 Å². The van der Waals surface area contributed by atoms with Crippen molar-refractivity contribution in [2.45, 2.75) is 44.8 Å². The van der Waals surface area contributed by atoms with Gasteiger partial charge in [0.25, 0.3) is 5.91 Å². The van der Waals surface area contributed by atoms with Crippen LogP contribution < -0.4 is 16.0 Å². The van der Waals surface area contributed by atoms with Crippen molar-refractivity contribution in [1.82, 2.24) is 5.32 Å². The SMILES string of the molecule is C[C@H](CC[C@@H]1CCCO1)NC(=O)c1ccc(NC(=O)Nc2ccccc2)cc1. The zero-order valence-electron chi connectivity index (χ0n) is 16.1. The Morgan fingerprint density at radius 3 is 2.36 bits per heavy atom. The van der Waals surface area contributed by atoms with Gasteiger partial charge in [-0.25, -0.2) is 4.79 Å². The number of hydrogen-bond donors (Lipinski definition) is 3. The number of carbonyl (C=O) groups excluding carboxylic acids is 2. The van der Waals surface area contributed by atoms with Gasteiger partial charge in [-0.2, -0.15) is 0 Å². The van der Waals surface area contributed by atoms with Crippen LogP contribution in [0.1, 0.15) is 43.0 Å². The van der Waals surface area contributed by atoms with E-state index in [1.807, 2.05) is 37.3 Å². The second-order valence-corrected chi connectivity index (χ2v) is 7.11. The lowest BCUT2D eigenvalue weighted by Gasteiger charge is -2.16. The minimum Gasteiger partial charge on any atom is -0.378 e. The zero-order chi connectivity index (χ0) is 19.8. The first-order valence-corrected chi connectivity index (χ1v) is 9.76. The van der Waals surface area contributed by atoms with Crippen LogP contribution in [0.15, 0.2) is 54.6 Å². The molecule has 1 heterocycles. The summed E-state index contributed by atoms with van der Waals surface area (Å²) >= 11 is 0. The second-order valence-electron chi connectivity index (χ2n) is 7.11. The van der Waals surface area contributed by atoms with Crippen molar-refractivity contribution in [3.63, 3.8) is 0 Å². The number of rotatable bonds is 7. The lowest BCUT2D eigenvalue weighted by Crippen LogP contribution is -2.33. The van der Waals surface area contributed by atoms with Gasteiger partial charge >= 0.3 is 6.03 Å². The third-order valence-corrected chi connectivity index (χ3v) is 4.76.